The van der Waals surface area contributed by atoms with Crippen LogP contribution in [0.3, 0.4) is 0 Å². The van der Waals surface area contributed by atoms with Crippen LogP contribution >= 0.6 is 0 Å². The van der Waals surface area contributed by atoms with Gasteiger partial charge in [0, 0.05) is 18.4 Å². The Bertz CT molecular complexity index is 362. The molecule has 0 heterocycles. The second kappa shape index (κ2) is 6.35. The number of nitrogens with one attached hydrogen (secondary N) is 1. The lowest BCUT2D eigenvalue weighted by Crippen LogP contribution is -2.32. The molecular formula is C13H19FN2O. The van der Waals surface area contributed by atoms with Gasteiger partial charge in [-0.3, -0.25) is 4.79 Å². The van der Waals surface area contributed by atoms with Crippen LogP contribution < -0.4 is 11.1 Å². The molecule has 0 fully saturated rings. The Morgan fingerprint density at radius 3 is 2.41 bits per heavy atom. The molecular weight excluding hydrogens is 219 g/mol. The molecule has 3 N–H and O–H groups in total. The lowest BCUT2D eigenvalue weighted by Gasteiger charge is -2.16. The molecule has 17 heavy (non-hydrogen) atoms. The normalized spacial score (nSPS) is 12.5. The van der Waals surface area contributed by atoms with Crippen LogP contribution in [0.5, 0.6) is 0 Å². The SMILES string of the molecule is CC(C)NC(=O)CC(CN)c1ccc(F)cc1. The van der Waals surface area contributed by atoms with Crippen molar-refractivity contribution in [1.29, 1.82) is 0 Å². The first kappa shape index (κ1) is 13.6. The third-order valence-electron chi connectivity index (χ3n) is 2.51. The molecule has 1 rings (SSSR count). The third-order valence-corrected chi connectivity index (χ3v) is 2.51. The minimum absolute atomic E-state index is 0.0280. The molecule has 0 aliphatic carbocycles. The van der Waals surface area contributed by atoms with E-state index in [2.05, 4.69) is 5.32 Å². The number of carbonyl (C=O) groups excluding carboxylic acids is 1. The summed E-state index contributed by atoms with van der Waals surface area (Å²) in [6, 6.07) is 6.25. The van der Waals surface area contributed by atoms with Crippen LogP contribution in [0.1, 0.15) is 31.7 Å². The monoisotopic (exact) mass is 238 g/mol. The van der Waals surface area contributed by atoms with Gasteiger partial charge in [-0.15, -0.1) is 0 Å². The first-order valence-corrected chi connectivity index (χ1v) is 5.77. The van der Waals surface area contributed by atoms with Crippen LogP contribution in [0.15, 0.2) is 24.3 Å². The van der Waals surface area contributed by atoms with Gasteiger partial charge in [-0.25, -0.2) is 4.39 Å². The van der Waals surface area contributed by atoms with Crippen molar-refractivity contribution in [2.45, 2.75) is 32.2 Å². The van der Waals surface area contributed by atoms with Crippen LogP contribution in [-0.4, -0.2) is 18.5 Å². The zero-order valence-corrected chi connectivity index (χ0v) is 10.2. The molecule has 0 aliphatic heterocycles. The van der Waals surface area contributed by atoms with E-state index in [-0.39, 0.29) is 23.7 Å². The number of nitrogens with two attached hydrogens (primary N) is 1. The molecule has 0 bridgehead atoms. The van der Waals surface area contributed by atoms with Crippen molar-refractivity contribution in [3.05, 3.63) is 35.6 Å². The molecule has 1 aromatic rings. The number of amides is 1. The molecule has 0 saturated heterocycles. The Morgan fingerprint density at radius 2 is 1.94 bits per heavy atom. The van der Waals surface area contributed by atoms with Gasteiger partial charge < -0.3 is 11.1 Å². The predicted molar refractivity (Wildman–Crippen MR) is 66.1 cm³/mol. The molecule has 0 saturated carbocycles. The van der Waals surface area contributed by atoms with E-state index in [0.717, 1.165) is 5.56 Å². The van der Waals surface area contributed by atoms with Crippen molar-refractivity contribution in [3.8, 4) is 0 Å². The molecule has 94 valence electrons. The molecule has 0 radical (unpaired) electrons. The average Bonchev–Trinajstić information content (AvgIpc) is 2.26. The number of halogens is 1. The lowest BCUT2D eigenvalue weighted by molar-refractivity contribution is -0.121. The maximum atomic E-state index is 12.8. The highest BCUT2D eigenvalue weighted by Gasteiger charge is 2.15. The molecule has 3 nitrogen and oxygen atoms in total. The van der Waals surface area contributed by atoms with Crippen LogP contribution in [0.4, 0.5) is 4.39 Å². The van der Waals surface area contributed by atoms with E-state index in [1.165, 1.54) is 12.1 Å². The molecule has 0 aliphatic rings. The maximum absolute atomic E-state index is 12.8. The third kappa shape index (κ3) is 4.53. The highest BCUT2D eigenvalue weighted by Crippen LogP contribution is 2.18. The highest BCUT2D eigenvalue weighted by atomic mass is 19.1. The van der Waals surface area contributed by atoms with E-state index in [9.17, 15) is 9.18 Å². The van der Waals surface area contributed by atoms with E-state index >= 15 is 0 Å². The molecule has 1 unspecified atom stereocenters. The Morgan fingerprint density at radius 1 is 1.35 bits per heavy atom. The molecule has 1 aromatic carbocycles. The Kier molecular flexibility index (Phi) is 5.10. The Hall–Kier alpha value is -1.42. The summed E-state index contributed by atoms with van der Waals surface area (Å²) in [5.74, 6) is -0.370. The quantitative estimate of drug-likeness (QED) is 0.821. The van der Waals surface area contributed by atoms with Gasteiger partial charge >= 0.3 is 0 Å². The number of benzene rings is 1. The smallest absolute Gasteiger partial charge is 0.220 e. The first-order valence-electron chi connectivity index (χ1n) is 5.77. The zero-order chi connectivity index (χ0) is 12.8. The van der Waals surface area contributed by atoms with Gasteiger partial charge in [0.2, 0.25) is 5.91 Å². The van der Waals surface area contributed by atoms with E-state index < -0.39 is 0 Å². The molecule has 0 aromatic heterocycles. The van der Waals surface area contributed by atoms with Crippen molar-refractivity contribution < 1.29 is 9.18 Å². The number of hydrogen-bond acceptors (Lipinski definition) is 2. The topological polar surface area (TPSA) is 55.1 Å². The van der Waals surface area contributed by atoms with Gasteiger partial charge in [0.05, 0.1) is 0 Å². The molecule has 1 atom stereocenters. The minimum Gasteiger partial charge on any atom is -0.354 e. The van der Waals surface area contributed by atoms with Crippen LogP contribution in [0.2, 0.25) is 0 Å². The van der Waals surface area contributed by atoms with Gasteiger partial charge in [-0.2, -0.15) is 0 Å². The summed E-state index contributed by atoms with van der Waals surface area (Å²) in [6.45, 7) is 4.19. The van der Waals surface area contributed by atoms with Crippen molar-refractivity contribution in [3.63, 3.8) is 0 Å². The maximum Gasteiger partial charge on any atom is 0.220 e. The Labute approximate surface area is 101 Å². The second-order valence-corrected chi connectivity index (χ2v) is 4.41. The van der Waals surface area contributed by atoms with Crippen LogP contribution in [0.25, 0.3) is 0 Å². The van der Waals surface area contributed by atoms with Gasteiger partial charge in [0.25, 0.3) is 0 Å². The van der Waals surface area contributed by atoms with E-state index in [1.54, 1.807) is 12.1 Å². The summed E-state index contributed by atoms with van der Waals surface area (Å²) in [4.78, 5) is 11.6. The molecule has 0 spiro atoms. The molecule has 4 heteroatoms. The fourth-order valence-electron chi connectivity index (χ4n) is 1.68. The van der Waals surface area contributed by atoms with Crippen molar-refractivity contribution in [2.75, 3.05) is 6.54 Å². The van der Waals surface area contributed by atoms with Crippen molar-refractivity contribution in [1.82, 2.24) is 5.32 Å². The summed E-state index contributed by atoms with van der Waals surface area (Å²) >= 11 is 0. The summed E-state index contributed by atoms with van der Waals surface area (Å²) in [5.41, 5.74) is 6.54. The number of carbonyl (C=O) groups is 1. The zero-order valence-electron chi connectivity index (χ0n) is 10.2. The summed E-state index contributed by atoms with van der Waals surface area (Å²) in [6.07, 6.45) is 0.334. The van der Waals surface area contributed by atoms with Gasteiger partial charge in [0.1, 0.15) is 5.82 Å². The van der Waals surface area contributed by atoms with Gasteiger partial charge in [-0.1, -0.05) is 12.1 Å². The molecule has 1 amide bonds. The van der Waals surface area contributed by atoms with E-state index in [1.807, 2.05) is 13.8 Å². The van der Waals surface area contributed by atoms with Crippen molar-refractivity contribution >= 4 is 5.91 Å². The van der Waals surface area contributed by atoms with Crippen LogP contribution in [0, 0.1) is 5.82 Å². The summed E-state index contributed by atoms with van der Waals surface area (Å²) < 4.78 is 12.8. The summed E-state index contributed by atoms with van der Waals surface area (Å²) in [5, 5.41) is 2.82. The minimum atomic E-state index is -0.281. The van der Waals surface area contributed by atoms with Gasteiger partial charge in [-0.05, 0) is 38.1 Å². The standard InChI is InChI=1S/C13H19FN2O/c1-9(2)16-13(17)7-11(8-15)10-3-5-12(14)6-4-10/h3-6,9,11H,7-8,15H2,1-2H3,(H,16,17). The van der Waals surface area contributed by atoms with E-state index in [4.69, 9.17) is 5.73 Å². The Balaban J connectivity index is 2.65. The highest BCUT2D eigenvalue weighted by molar-refractivity contribution is 5.77. The second-order valence-electron chi connectivity index (χ2n) is 4.41. The largest absolute Gasteiger partial charge is 0.354 e. The van der Waals surface area contributed by atoms with Crippen molar-refractivity contribution in [2.24, 2.45) is 5.73 Å². The lowest BCUT2D eigenvalue weighted by atomic mass is 9.95. The van der Waals surface area contributed by atoms with Gasteiger partial charge in [0.15, 0.2) is 0 Å². The number of rotatable bonds is 5. The predicted octanol–water partition coefficient (Wildman–Crippen LogP) is 1.78. The average molecular weight is 238 g/mol. The van der Waals surface area contributed by atoms with Crippen LogP contribution in [-0.2, 0) is 4.79 Å². The summed E-state index contributed by atoms with van der Waals surface area (Å²) in [7, 11) is 0. The fraction of sp³-hybridized carbons (Fsp3) is 0.462. The fourth-order valence-corrected chi connectivity index (χ4v) is 1.68. The number of hydrogen-bond donors (Lipinski definition) is 2. The van der Waals surface area contributed by atoms with E-state index in [0.29, 0.717) is 13.0 Å². The first-order chi connectivity index (χ1) is 8.02.